The van der Waals surface area contributed by atoms with Crippen molar-refractivity contribution in [2.45, 2.75) is 30.3 Å². The highest BCUT2D eigenvalue weighted by Gasteiger charge is 2.43. The second kappa shape index (κ2) is 9.43. The van der Waals surface area contributed by atoms with Crippen molar-refractivity contribution in [3.05, 3.63) is 65.3 Å². The molecule has 9 nitrogen and oxygen atoms in total. The molecule has 1 saturated carbocycles. The average Bonchev–Trinajstić information content (AvgIpc) is 3.35. The lowest BCUT2D eigenvalue weighted by atomic mass is 10.1. The van der Waals surface area contributed by atoms with Crippen molar-refractivity contribution in [2.75, 3.05) is 11.1 Å². The largest absolute Gasteiger partial charge is 0.465 e. The van der Waals surface area contributed by atoms with Crippen molar-refractivity contribution < 1.29 is 19.5 Å². The average molecular weight is 496 g/mol. The minimum atomic E-state index is -1.17. The van der Waals surface area contributed by atoms with E-state index in [0.717, 1.165) is 23.3 Å². The van der Waals surface area contributed by atoms with Gasteiger partial charge in [-0.25, -0.2) is 9.78 Å². The maximum atomic E-state index is 12.9. The number of rotatable bonds is 6. The zero-order valence-corrected chi connectivity index (χ0v) is 19.5. The second-order valence-corrected chi connectivity index (χ2v) is 9.97. The van der Waals surface area contributed by atoms with E-state index in [-0.39, 0.29) is 5.91 Å². The van der Waals surface area contributed by atoms with Crippen molar-refractivity contribution in [3.8, 4) is 11.3 Å². The summed E-state index contributed by atoms with van der Waals surface area (Å²) in [5, 5.41) is 17.1. The van der Waals surface area contributed by atoms with Crippen LogP contribution in [0, 0.1) is 0 Å². The van der Waals surface area contributed by atoms with Crippen LogP contribution in [0.2, 0.25) is 0 Å². The predicted octanol–water partition coefficient (Wildman–Crippen LogP) is 3.83. The topological polar surface area (TPSA) is 125 Å². The standard InChI is InChI=1S/C23H21N5O4S2/c29-19(25-15-8-9-15)14-6-4-13(5-7-14)17-11-34-22(26-17)27-20(30)18-12-33-21(28(18)23(31)32)16-3-1-2-10-24-16/h1-7,10-11,15,18,21H,8-9,12H2,(H,25,29)(H,31,32)(H,26,27,30). The highest BCUT2D eigenvalue weighted by Crippen LogP contribution is 2.41. The molecule has 3 aromatic rings. The third-order valence-electron chi connectivity index (χ3n) is 5.55. The molecule has 2 aliphatic rings. The first-order valence-electron chi connectivity index (χ1n) is 10.7. The maximum Gasteiger partial charge on any atom is 0.409 e. The van der Waals surface area contributed by atoms with Gasteiger partial charge in [0.1, 0.15) is 11.4 Å². The zero-order chi connectivity index (χ0) is 23.7. The molecule has 0 spiro atoms. The molecule has 2 aromatic heterocycles. The van der Waals surface area contributed by atoms with E-state index in [9.17, 15) is 19.5 Å². The molecular formula is C23H21N5O4S2. The van der Waals surface area contributed by atoms with Gasteiger partial charge in [-0.05, 0) is 37.1 Å². The minimum absolute atomic E-state index is 0.0818. The van der Waals surface area contributed by atoms with Gasteiger partial charge in [0, 0.05) is 34.5 Å². The van der Waals surface area contributed by atoms with E-state index in [1.807, 2.05) is 17.5 Å². The molecule has 0 bridgehead atoms. The molecule has 1 saturated heterocycles. The molecule has 2 unspecified atom stereocenters. The lowest BCUT2D eigenvalue weighted by Crippen LogP contribution is -2.44. The van der Waals surface area contributed by atoms with Gasteiger partial charge in [0.25, 0.3) is 5.91 Å². The number of hydrogen-bond acceptors (Lipinski definition) is 7. The number of carbonyl (C=O) groups excluding carboxylic acids is 2. The number of thiazole rings is 1. The number of aromatic nitrogens is 2. The van der Waals surface area contributed by atoms with Crippen LogP contribution in [0.1, 0.15) is 34.3 Å². The van der Waals surface area contributed by atoms with Crippen LogP contribution in [-0.4, -0.2) is 55.7 Å². The van der Waals surface area contributed by atoms with Gasteiger partial charge in [-0.15, -0.1) is 23.1 Å². The van der Waals surface area contributed by atoms with Crippen LogP contribution in [0.5, 0.6) is 0 Å². The van der Waals surface area contributed by atoms with Gasteiger partial charge in [0.2, 0.25) is 5.91 Å². The number of carbonyl (C=O) groups is 3. The summed E-state index contributed by atoms with van der Waals surface area (Å²) in [7, 11) is 0. The van der Waals surface area contributed by atoms with Crippen molar-refractivity contribution in [1.82, 2.24) is 20.2 Å². The van der Waals surface area contributed by atoms with E-state index in [1.54, 1.807) is 36.5 Å². The van der Waals surface area contributed by atoms with Crippen LogP contribution in [-0.2, 0) is 4.79 Å². The van der Waals surface area contributed by atoms with Gasteiger partial charge in [0.05, 0.1) is 11.4 Å². The molecule has 0 radical (unpaired) electrons. The monoisotopic (exact) mass is 495 g/mol. The van der Waals surface area contributed by atoms with Crippen molar-refractivity contribution in [1.29, 1.82) is 0 Å². The van der Waals surface area contributed by atoms with E-state index in [2.05, 4.69) is 20.6 Å². The van der Waals surface area contributed by atoms with Crippen molar-refractivity contribution >= 4 is 46.1 Å². The Morgan fingerprint density at radius 1 is 1.09 bits per heavy atom. The highest BCUT2D eigenvalue weighted by atomic mass is 32.2. The Hall–Kier alpha value is -3.44. The molecule has 5 rings (SSSR count). The maximum absolute atomic E-state index is 12.9. The van der Waals surface area contributed by atoms with Crippen molar-refractivity contribution in [2.24, 2.45) is 0 Å². The predicted molar refractivity (Wildman–Crippen MR) is 130 cm³/mol. The third kappa shape index (κ3) is 4.75. The Labute approximate surface area is 203 Å². The van der Waals surface area contributed by atoms with Gasteiger partial charge in [-0.3, -0.25) is 19.5 Å². The first-order chi connectivity index (χ1) is 16.5. The van der Waals surface area contributed by atoms with Gasteiger partial charge in [-0.2, -0.15) is 0 Å². The lowest BCUT2D eigenvalue weighted by Gasteiger charge is -2.25. The highest BCUT2D eigenvalue weighted by molar-refractivity contribution is 7.99. The van der Waals surface area contributed by atoms with Crippen LogP contribution in [0.3, 0.4) is 0 Å². The van der Waals surface area contributed by atoms with E-state index >= 15 is 0 Å². The van der Waals surface area contributed by atoms with Crippen LogP contribution >= 0.6 is 23.1 Å². The second-order valence-electron chi connectivity index (χ2n) is 8.00. The summed E-state index contributed by atoms with van der Waals surface area (Å²) in [5.41, 5.74) is 2.67. The summed E-state index contributed by atoms with van der Waals surface area (Å²) in [6.45, 7) is 0. The Kier molecular flexibility index (Phi) is 6.20. The SMILES string of the molecule is O=C(NC1CC1)c1ccc(-c2csc(NC(=O)C3CSC(c4ccccn4)N3C(=O)O)n2)cc1. The van der Waals surface area contributed by atoms with E-state index in [4.69, 9.17) is 0 Å². The van der Waals surface area contributed by atoms with Crippen LogP contribution in [0.4, 0.5) is 9.93 Å². The molecule has 2 fully saturated rings. The molecule has 3 N–H and O–H groups in total. The fourth-order valence-corrected chi connectivity index (χ4v) is 5.74. The fourth-order valence-electron chi connectivity index (χ4n) is 3.63. The molecule has 2 atom stereocenters. The number of hydrogen-bond donors (Lipinski definition) is 3. The zero-order valence-electron chi connectivity index (χ0n) is 17.9. The van der Waals surface area contributed by atoms with Crippen LogP contribution in [0.25, 0.3) is 11.3 Å². The number of amides is 3. The molecule has 3 amide bonds. The van der Waals surface area contributed by atoms with E-state index < -0.39 is 23.4 Å². The number of nitrogens with zero attached hydrogens (tertiary/aromatic N) is 3. The molecule has 1 aliphatic heterocycles. The number of thioether (sulfide) groups is 1. The molecular weight excluding hydrogens is 474 g/mol. The van der Waals surface area contributed by atoms with Gasteiger partial charge >= 0.3 is 6.09 Å². The fraction of sp³-hybridized carbons (Fsp3) is 0.261. The Morgan fingerprint density at radius 2 is 1.88 bits per heavy atom. The van der Waals surface area contributed by atoms with Crippen LogP contribution < -0.4 is 10.6 Å². The van der Waals surface area contributed by atoms with Gasteiger partial charge in [0.15, 0.2) is 5.13 Å². The molecule has 3 heterocycles. The summed E-state index contributed by atoms with van der Waals surface area (Å²) < 4.78 is 0. The first kappa shape index (κ1) is 22.4. The molecule has 11 heteroatoms. The summed E-state index contributed by atoms with van der Waals surface area (Å²) in [4.78, 5) is 46.9. The number of benzene rings is 1. The number of carboxylic acid groups (broad SMARTS) is 1. The van der Waals surface area contributed by atoms with Crippen LogP contribution in [0.15, 0.2) is 54.0 Å². The summed E-state index contributed by atoms with van der Waals surface area (Å²) in [6, 6.07) is 11.9. The first-order valence-corrected chi connectivity index (χ1v) is 12.6. The molecule has 1 aromatic carbocycles. The Bertz CT molecular complexity index is 1210. The third-order valence-corrected chi connectivity index (χ3v) is 7.60. The summed E-state index contributed by atoms with van der Waals surface area (Å²) >= 11 is 2.62. The van der Waals surface area contributed by atoms with Gasteiger partial charge < -0.3 is 15.7 Å². The Balaban J connectivity index is 1.25. The molecule has 34 heavy (non-hydrogen) atoms. The summed E-state index contributed by atoms with van der Waals surface area (Å²) in [5.74, 6) is -0.190. The van der Waals surface area contributed by atoms with E-state index in [0.29, 0.717) is 33.9 Å². The number of anilines is 1. The minimum Gasteiger partial charge on any atom is -0.465 e. The number of pyridine rings is 1. The molecule has 174 valence electrons. The van der Waals surface area contributed by atoms with Crippen molar-refractivity contribution in [3.63, 3.8) is 0 Å². The smallest absolute Gasteiger partial charge is 0.409 e. The quantitative estimate of drug-likeness (QED) is 0.475. The van der Waals surface area contributed by atoms with Gasteiger partial charge in [-0.1, -0.05) is 18.2 Å². The lowest BCUT2D eigenvalue weighted by molar-refractivity contribution is -0.120. The molecule has 1 aliphatic carbocycles. The number of nitrogens with one attached hydrogen (secondary N) is 2. The Morgan fingerprint density at radius 3 is 2.56 bits per heavy atom. The summed E-state index contributed by atoms with van der Waals surface area (Å²) in [6.07, 6.45) is 2.49. The normalized spacial score (nSPS) is 19.6. The van der Waals surface area contributed by atoms with E-state index in [1.165, 1.54) is 23.1 Å².